The fraction of sp³-hybridized carbons (Fsp3) is 0.909. The lowest BCUT2D eigenvalue weighted by Gasteiger charge is -2.41. The largest absolute Gasteiger partial charge is 0.467 e. The Kier molecular flexibility index (Phi) is 5.48. The van der Waals surface area contributed by atoms with Gasteiger partial charge in [0.2, 0.25) is 0 Å². The van der Waals surface area contributed by atoms with Crippen molar-refractivity contribution in [2.75, 3.05) is 14.2 Å². The van der Waals surface area contributed by atoms with Gasteiger partial charge in [0.05, 0.1) is 13.2 Å². The zero-order valence-corrected chi connectivity index (χ0v) is 10.9. The maximum atomic E-state index is 11.3. The number of ether oxygens (including phenoxy) is 4. The molecule has 1 aliphatic heterocycles. The van der Waals surface area contributed by atoms with Gasteiger partial charge < -0.3 is 29.2 Å². The van der Waals surface area contributed by atoms with Gasteiger partial charge in [0, 0.05) is 7.11 Å². The molecule has 1 heterocycles. The normalized spacial score (nSPS) is 38.2. The third-order valence-corrected chi connectivity index (χ3v) is 2.91. The molecule has 0 radical (unpaired) electrons. The molecule has 0 aromatic rings. The summed E-state index contributed by atoms with van der Waals surface area (Å²) in [4.78, 5) is 11.3. The maximum Gasteiger partial charge on any atom is 0.334 e. The van der Waals surface area contributed by atoms with Gasteiger partial charge in [-0.25, -0.2) is 4.79 Å². The van der Waals surface area contributed by atoms with Crippen LogP contribution in [0.1, 0.15) is 13.8 Å². The van der Waals surface area contributed by atoms with E-state index in [2.05, 4.69) is 4.74 Å². The van der Waals surface area contributed by atoms with E-state index in [-0.39, 0.29) is 0 Å². The molecule has 0 spiro atoms. The van der Waals surface area contributed by atoms with Crippen molar-refractivity contribution in [3.63, 3.8) is 0 Å². The standard InChI is InChI=1S/C11H20O7/c1-5-7(12)9(8(13)11(16-4)18-5)17-6(2)10(14)15-3/h5-9,11-13H,1-4H3/t5-,6+,7-,8+,9+,11+/m0/s1. The van der Waals surface area contributed by atoms with Crippen LogP contribution in [0.2, 0.25) is 0 Å². The Morgan fingerprint density at radius 3 is 2.39 bits per heavy atom. The summed E-state index contributed by atoms with van der Waals surface area (Å²) < 4.78 is 20.0. The Balaban J connectivity index is 2.73. The van der Waals surface area contributed by atoms with Gasteiger partial charge in [-0.15, -0.1) is 0 Å². The van der Waals surface area contributed by atoms with Crippen molar-refractivity contribution < 1.29 is 34.0 Å². The van der Waals surface area contributed by atoms with E-state index in [0.29, 0.717) is 0 Å². The van der Waals surface area contributed by atoms with Crippen LogP contribution in [0.4, 0.5) is 0 Å². The van der Waals surface area contributed by atoms with E-state index in [0.717, 1.165) is 0 Å². The summed E-state index contributed by atoms with van der Waals surface area (Å²) >= 11 is 0. The molecular weight excluding hydrogens is 244 g/mol. The minimum atomic E-state index is -1.19. The molecular formula is C11H20O7. The topological polar surface area (TPSA) is 94.5 Å². The van der Waals surface area contributed by atoms with Crippen molar-refractivity contribution in [3.05, 3.63) is 0 Å². The molecule has 0 saturated carbocycles. The predicted octanol–water partition coefficient (Wildman–Crippen LogP) is -0.954. The molecule has 1 rings (SSSR count). The maximum absolute atomic E-state index is 11.3. The zero-order valence-electron chi connectivity index (χ0n) is 10.9. The van der Waals surface area contributed by atoms with Crippen LogP contribution in [-0.4, -0.2) is 67.2 Å². The second kappa shape index (κ2) is 6.44. The van der Waals surface area contributed by atoms with Gasteiger partial charge in [-0.2, -0.15) is 0 Å². The summed E-state index contributed by atoms with van der Waals surface area (Å²) in [5, 5.41) is 19.8. The van der Waals surface area contributed by atoms with Crippen LogP contribution in [0, 0.1) is 0 Å². The number of aliphatic hydroxyl groups excluding tert-OH is 2. The minimum Gasteiger partial charge on any atom is -0.467 e. The quantitative estimate of drug-likeness (QED) is 0.632. The van der Waals surface area contributed by atoms with E-state index in [1.165, 1.54) is 21.1 Å². The summed E-state index contributed by atoms with van der Waals surface area (Å²) in [6, 6.07) is 0. The van der Waals surface area contributed by atoms with Crippen molar-refractivity contribution >= 4 is 5.97 Å². The minimum absolute atomic E-state index is 0.576. The summed E-state index contributed by atoms with van der Waals surface area (Å²) in [5.74, 6) is -0.581. The van der Waals surface area contributed by atoms with Gasteiger partial charge >= 0.3 is 5.97 Å². The number of carbonyl (C=O) groups is 1. The lowest BCUT2D eigenvalue weighted by molar-refractivity contribution is -0.298. The highest BCUT2D eigenvalue weighted by molar-refractivity contribution is 5.73. The molecule has 0 unspecified atom stereocenters. The Morgan fingerprint density at radius 2 is 1.89 bits per heavy atom. The molecule has 0 aliphatic carbocycles. The molecule has 18 heavy (non-hydrogen) atoms. The number of hydrogen-bond donors (Lipinski definition) is 2. The molecule has 106 valence electrons. The van der Waals surface area contributed by atoms with Crippen LogP contribution < -0.4 is 0 Å². The number of esters is 1. The smallest absolute Gasteiger partial charge is 0.334 e. The molecule has 6 atom stereocenters. The SMILES string of the molecule is COC(=O)[C@@H](C)O[C@@H]1[C@@H](O)[C@H](C)O[C@@H](OC)[C@@H]1O. The van der Waals surface area contributed by atoms with E-state index < -0.39 is 42.8 Å². The average Bonchev–Trinajstić information content (AvgIpc) is 2.37. The summed E-state index contributed by atoms with van der Waals surface area (Å²) in [5.41, 5.74) is 0. The number of rotatable bonds is 4. The van der Waals surface area contributed by atoms with Crippen LogP contribution in [-0.2, 0) is 23.7 Å². The van der Waals surface area contributed by atoms with Crippen LogP contribution in [0.25, 0.3) is 0 Å². The molecule has 7 nitrogen and oxygen atoms in total. The van der Waals surface area contributed by atoms with Gasteiger partial charge in [0.15, 0.2) is 12.4 Å². The third kappa shape index (κ3) is 3.18. The number of methoxy groups -OCH3 is 2. The Bertz CT molecular complexity index is 283. The van der Waals surface area contributed by atoms with Crippen molar-refractivity contribution in [2.24, 2.45) is 0 Å². The molecule has 1 saturated heterocycles. The van der Waals surface area contributed by atoms with Gasteiger partial charge in [0.25, 0.3) is 0 Å². The molecule has 1 aliphatic rings. The molecule has 1 fully saturated rings. The number of aliphatic hydroxyl groups is 2. The van der Waals surface area contributed by atoms with Crippen LogP contribution in [0.5, 0.6) is 0 Å². The summed E-state index contributed by atoms with van der Waals surface area (Å²) in [6.45, 7) is 3.11. The van der Waals surface area contributed by atoms with Crippen LogP contribution >= 0.6 is 0 Å². The zero-order chi connectivity index (χ0) is 13.9. The van der Waals surface area contributed by atoms with Gasteiger partial charge in [0.1, 0.15) is 18.3 Å². The molecule has 2 N–H and O–H groups in total. The van der Waals surface area contributed by atoms with Gasteiger partial charge in [-0.3, -0.25) is 0 Å². The average molecular weight is 264 g/mol. The fourth-order valence-corrected chi connectivity index (χ4v) is 1.81. The van der Waals surface area contributed by atoms with E-state index >= 15 is 0 Å². The van der Waals surface area contributed by atoms with E-state index in [9.17, 15) is 15.0 Å². The molecule has 0 aromatic heterocycles. The van der Waals surface area contributed by atoms with Crippen molar-refractivity contribution in [2.45, 2.75) is 50.7 Å². The van der Waals surface area contributed by atoms with Crippen molar-refractivity contribution in [1.29, 1.82) is 0 Å². The monoisotopic (exact) mass is 264 g/mol. The molecule has 0 amide bonds. The number of hydrogen-bond acceptors (Lipinski definition) is 7. The highest BCUT2D eigenvalue weighted by Gasteiger charge is 2.45. The second-order valence-electron chi connectivity index (χ2n) is 4.19. The lowest BCUT2D eigenvalue weighted by atomic mass is 9.99. The van der Waals surface area contributed by atoms with E-state index in [4.69, 9.17) is 14.2 Å². The Morgan fingerprint density at radius 1 is 1.28 bits per heavy atom. The first-order valence-corrected chi connectivity index (χ1v) is 5.70. The van der Waals surface area contributed by atoms with Gasteiger partial charge in [-0.1, -0.05) is 0 Å². The first-order valence-electron chi connectivity index (χ1n) is 5.70. The highest BCUT2D eigenvalue weighted by atomic mass is 16.7. The number of carbonyl (C=O) groups excluding carboxylic acids is 1. The molecule has 0 bridgehead atoms. The van der Waals surface area contributed by atoms with E-state index in [1.807, 2.05) is 0 Å². The summed E-state index contributed by atoms with van der Waals surface area (Å²) in [7, 11) is 2.61. The Labute approximate surface area is 106 Å². The molecule has 0 aromatic carbocycles. The first kappa shape index (κ1) is 15.3. The van der Waals surface area contributed by atoms with E-state index in [1.54, 1.807) is 6.92 Å². The van der Waals surface area contributed by atoms with Gasteiger partial charge in [-0.05, 0) is 13.8 Å². The molecule has 7 heteroatoms. The second-order valence-corrected chi connectivity index (χ2v) is 4.19. The fourth-order valence-electron chi connectivity index (χ4n) is 1.81. The Hall–Kier alpha value is -0.730. The lowest BCUT2D eigenvalue weighted by Crippen LogP contribution is -2.59. The highest BCUT2D eigenvalue weighted by Crippen LogP contribution is 2.24. The predicted molar refractivity (Wildman–Crippen MR) is 59.7 cm³/mol. The third-order valence-electron chi connectivity index (χ3n) is 2.91. The van der Waals surface area contributed by atoms with Crippen LogP contribution in [0.3, 0.4) is 0 Å². The van der Waals surface area contributed by atoms with Crippen molar-refractivity contribution in [1.82, 2.24) is 0 Å². The van der Waals surface area contributed by atoms with Crippen molar-refractivity contribution in [3.8, 4) is 0 Å². The first-order chi connectivity index (χ1) is 8.42. The van der Waals surface area contributed by atoms with Crippen LogP contribution in [0.15, 0.2) is 0 Å². The summed E-state index contributed by atoms with van der Waals surface area (Å²) in [6.07, 6.45) is -5.60.